The number of carboxylic acid groups (broad SMARTS) is 1. The van der Waals surface area contributed by atoms with Crippen molar-refractivity contribution < 1.29 is 19.4 Å². The van der Waals surface area contributed by atoms with E-state index in [4.69, 9.17) is 14.6 Å². The Morgan fingerprint density at radius 3 is 2.81 bits per heavy atom. The SMILES string of the molecule is CCOc1cccc(/C=C/C(=O)O)c1OCc1cccs1. The van der Waals surface area contributed by atoms with E-state index in [-0.39, 0.29) is 0 Å². The first kappa shape index (κ1) is 15.1. The number of rotatable bonds is 7. The first-order valence-corrected chi connectivity index (χ1v) is 7.40. The molecule has 0 aliphatic heterocycles. The molecule has 2 aromatic rings. The lowest BCUT2D eigenvalue weighted by Crippen LogP contribution is -2.00. The van der Waals surface area contributed by atoms with Gasteiger partial charge in [0.25, 0.3) is 0 Å². The molecule has 0 amide bonds. The maximum absolute atomic E-state index is 10.7. The van der Waals surface area contributed by atoms with E-state index in [1.54, 1.807) is 17.4 Å². The van der Waals surface area contributed by atoms with E-state index in [0.29, 0.717) is 30.3 Å². The average Bonchev–Trinajstić information content (AvgIpc) is 2.97. The molecule has 0 saturated heterocycles. The van der Waals surface area contributed by atoms with Crippen LogP contribution in [0.25, 0.3) is 6.08 Å². The Balaban J connectivity index is 2.26. The number of benzene rings is 1. The van der Waals surface area contributed by atoms with Crippen molar-refractivity contribution >= 4 is 23.4 Å². The van der Waals surface area contributed by atoms with Crippen LogP contribution in [0.1, 0.15) is 17.4 Å². The quantitative estimate of drug-likeness (QED) is 0.790. The zero-order chi connectivity index (χ0) is 15.1. The molecule has 5 heteroatoms. The zero-order valence-corrected chi connectivity index (χ0v) is 12.4. The van der Waals surface area contributed by atoms with Gasteiger partial charge in [-0.15, -0.1) is 11.3 Å². The van der Waals surface area contributed by atoms with Gasteiger partial charge in [-0.25, -0.2) is 4.79 Å². The fraction of sp³-hybridized carbons (Fsp3) is 0.188. The van der Waals surface area contributed by atoms with Crippen molar-refractivity contribution in [2.45, 2.75) is 13.5 Å². The third kappa shape index (κ3) is 4.36. The monoisotopic (exact) mass is 304 g/mol. The van der Waals surface area contributed by atoms with Gasteiger partial charge in [0, 0.05) is 16.5 Å². The molecule has 2 rings (SSSR count). The van der Waals surface area contributed by atoms with Crippen molar-refractivity contribution in [2.24, 2.45) is 0 Å². The first-order valence-electron chi connectivity index (χ1n) is 6.52. The smallest absolute Gasteiger partial charge is 0.328 e. The molecule has 1 aromatic heterocycles. The number of ether oxygens (including phenoxy) is 2. The van der Waals surface area contributed by atoms with Gasteiger partial charge >= 0.3 is 5.97 Å². The summed E-state index contributed by atoms with van der Waals surface area (Å²) in [7, 11) is 0. The summed E-state index contributed by atoms with van der Waals surface area (Å²) in [6, 6.07) is 9.37. The van der Waals surface area contributed by atoms with Gasteiger partial charge in [0.15, 0.2) is 11.5 Å². The lowest BCUT2D eigenvalue weighted by Gasteiger charge is -2.13. The minimum Gasteiger partial charge on any atom is -0.490 e. The summed E-state index contributed by atoms with van der Waals surface area (Å²) in [6.45, 7) is 2.83. The molecule has 0 aliphatic rings. The molecular formula is C16H16O4S. The number of carboxylic acids is 1. The fourth-order valence-electron chi connectivity index (χ4n) is 1.79. The third-order valence-corrected chi connectivity index (χ3v) is 3.50. The molecular weight excluding hydrogens is 288 g/mol. The van der Waals surface area contributed by atoms with Crippen molar-refractivity contribution in [3.05, 3.63) is 52.2 Å². The minimum atomic E-state index is -0.999. The maximum Gasteiger partial charge on any atom is 0.328 e. The van der Waals surface area contributed by atoms with Gasteiger partial charge in [-0.2, -0.15) is 0 Å². The van der Waals surface area contributed by atoms with E-state index >= 15 is 0 Å². The van der Waals surface area contributed by atoms with Gasteiger partial charge in [0.05, 0.1) is 6.61 Å². The molecule has 0 atom stereocenters. The molecule has 0 fully saturated rings. The number of thiophene rings is 1. The number of hydrogen-bond donors (Lipinski definition) is 1. The number of hydrogen-bond acceptors (Lipinski definition) is 4. The van der Waals surface area contributed by atoms with Crippen LogP contribution in [0.15, 0.2) is 41.8 Å². The van der Waals surface area contributed by atoms with Gasteiger partial charge in [-0.1, -0.05) is 18.2 Å². The third-order valence-electron chi connectivity index (χ3n) is 2.65. The van der Waals surface area contributed by atoms with Gasteiger partial charge in [-0.3, -0.25) is 0 Å². The number of para-hydroxylation sites is 1. The summed E-state index contributed by atoms with van der Waals surface area (Å²) >= 11 is 1.61. The van der Waals surface area contributed by atoms with Crippen LogP contribution in [0.5, 0.6) is 11.5 Å². The second-order valence-corrected chi connectivity index (χ2v) is 5.18. The molecule has 0 radical (unpaired) electrons. The summed E-state index contributed by atoms with van der Waals surface area (Å²) in [6.07, 6.45) is 2.59. The number of carbonyl (C=O) groups is 1. The highest BCUT2D eigenvalue weighted by Gasteiger charge is 2.10. The van der Waals surface area contributed by atoms with E-state index in [1.165, 1.54) is 6.08 Å². The topological polar surface area (TPSA) is 55.8 Å². The predicted molar refractivity (Wildman–Crippen MR) is 82.9 cm³/mol. The van der Waals surface area contributed by atoms with Gasteiger partial charge in [-0.05, 0) is 30.5 Å². The molecule has 1 heterocycles. The summed E-state index contributed by atoms with van der Waals surface area (Å²) < 4.78 is 11.4. The Morgan fingerprint density at radius 1 is 1.29 bits per heavy atom. The van der Waals surface area contributed by atoms with E-state index < -0.39 is 5.97 Å². The van der Waals surface area contributed by atoms with E-state index in [0.717, 1.165) is 11.0 Å². The molecule has 0 spiro atoms. The molecule has 0 bridgehead atoms. The van der Waals surface area contributed by atoms with Crippen LogP contribution in [0, 0.1) is 0 Å². The Kier molecular flexibility index (Phi) is 5.40. The predicted octanol–water partition coefficient (Wildman–Crippen LogP) is 3.82. The van der Waals surface area contributed by atoms with Crippen molar-refractivity contribution in [3.8, 4) is 11.5 Å². The molecule has 110 valence electrons. The minimum absolute atomic E-state index is 0.426. The van der Waals surface area contributed by atoms with E-state index in [9.17, 15) is 4.79 Å². The highest BCUT2D eigenvalue weighted by molar-refractivity contribution is 7.09. The largest absolute Gasteiger partial charge is 0.490 e. The van der Waals surface area contributed by atoms with Crippen molar-refractivity contribution in [2.75, 3.05) is 6.61 Å². The Labute approximate surface area is 127 Å². The summed E-state index contributed by atoms with van der Waals surface area (Å²) in [5.74, 6) is 0.174. The Bertz CT molecular complexity index is 617. The van der Waals surface area contributed by atoms with Crippen molar-refractivity contribution in [3.63, 3.8) is 0 Å². The van der Waals surface area contributed by atoms with Crippen LogP contribution in [0.3, 0.4) is 0 Å². The van der Waals surface area contributed by atoms with Crippen LogP contribution in [0.4, 0.5) is 0 Å². The molecule has 1 N–H and O–H groups in total. The van der Waals surface area contributed by atoms with Crippen LogP contribution in [0.2, 0.25) is 0 Å². The van der Waals surface area contributed by atoms with Gasteiger partial charge in [0.2, 0.25) is 0 Å². The normalized spacial score (nSPS) is 10.7. The lowest BCUT2D eigenvalue weighted by atomic mass is 10.1. The standard InChI is InChI=1S/C16H16O4S/c1-2-19-14-7-3-5-12(8-9-15(17)18)16(14)20-11-13-6-4-10-21-13/h3-10H,2,11H2,1H3,(H,17,18)/b9-8+. The van der Waals surface area contributed by atoms with E-state index in [2.05, 4.69) is 0 Å². The van der Waals surface area contributed by atoms with Gasteiger partial charge < -0.3 is 14.6 Å². The summed E-state index contributed by atoms with van der Waals surface area (Å²) in [5, 5.41) is 10.7. The second-order valence-electron chi connectivity index (χ2n) is 4.15. The molecule has 0 saturated carbocycles. The Hall–Kier alpha value is -2.27. The highest BCUT2D eigenvalue weighted by atomic mass is 32.1. The Morgan fingerprint density at radius 2 is 2.14 bits per heavy atom. The summed E-state index contributed by atoms with van der Waals surface area (Å²) in [4.78, 5) is 11.8. The highest BCUT2D eigenvalue weighted by Crippen LogP contribution is 2.33. The van der Waals surface area contributed by atoms with Crippen molar-refractivity contribution in [1.29, 1.82) is 0 Å². The maximum atomic E-state index is 10.7. The van der Waals surface area contributed by atoms with Crippen LogP contribution in [-0.2, 0) is 11.4 Å². The molecule has 1 aromatic carbocycles. The zero-order valence-electron chi connectivity index (χ0n) is 11.6. The van der Waals surface area contributed by atoms with Crippen LogP contribution < -0.4 is 9.47 Å². The van der Waals surface area contributed by atoms with Crippen LogP contribution >= 0.6 is 11.3 Å². The first-order chi connectivity index (χ1) is 10.2. The molecule has 0 unspecified atom stereocenters. The fourth-order valence-corrected chi connectivity index (χ4v) is 2.40. The molecule has 21 heavy (non-hydrogen) atoms. The average molecular weight is 304 g/mol. The number of aliphatic carboxylic acids is 1. The van der Waals surface area contributed by atoms with E-state index in [1.807, 2.05) is 36.6 Å². The molecule has 4 nitrogen and oxygen atoms in total. The second kappa shape index (κ2) is 7.50. The lowest BCUT2D eigenvalue weighted by molar-refractivity contribution is -0.131. The van der Waals surface area contributed by atoms with Gasteiger partial charge in [0.1, 0.15) is 6.61 Å². The van der Waals surface area contributed by atoms with Crippen LogP contribution in [-0.4, -0.2) is 17.7 Å². The van der Waals surface area contributed by atoms with Crippen molar-refractivity contribution in [1.82, 2.24) is 0 Å². The summed E-state index contributed by atoms with van der Waals surface area (Å²) in [5.41, 5.74) is 0.680. The molecule has 0 aliphatic carbocycles.